The van der Waals surface area contributed by atoms with Gasteiger partial charge in [0, 0.05) is 17.9 Å². The van der Waals surface area contributed by atoms with E-state index in [-0.39, 0.29) is 11.4 Å². The van der Waals surface area contributed by atoms with Crippen LogP contribution in [0.2, 0.25) is 0 Å². The molecule has 1 N–H and O–H groups in total. The number of hydrogen-bond donors (Lipinski definition) is 1. The summed E-state index contributed by atoms with van der Waals surface area (Å²) >= 11 is 1.46. The van der Waals surface area contributed by atoms with Gasteiger partial charge >= 0.3 is 0 Å². The number of carbonyl (C=O) groups is 1. The van der Waals surface area contributed by atoms with Crippen LogP contribution in [0.1, 0.15) is 46.1 Å². The maximum absolute atomic E-state index is 12.0. The van der Waals surface area contributed by atoms with E-state index >= 15 is 0 Å². The molecule has 0 bridgehead atoms. The van der Waals surface area contributed by atoms with Crippen LogP contribution in [0.15, 0.2) is 41.8 Å². The molecule has 0 aliphatic carbocycles. The van der Waals surface area contributed by atoms with Crippen molar-refractivity contribution >= 4 is 17.7 Å². The lowest BCUT2D eigenvalue weighted by Gasteiger charge is -2.20. The second-order valence-corrected chi connectivity index (χ2v) is 7.82. The third-order valence-corrected chi connectivity index (χ3v) is 4.24. The molecule has 0 radical (unpaired) electrons. The summed E-state index contributed by atoms with van der Waals surface area (Å²) in [5.41, 5.74) is 2.18. The zero-order chi connectivity index (χ0) is 17.0. The summed E-state index contributed by atoms with van der Waals surface area (Å²) in [6, 6.07) is 8.32. The number of para-hydroxylation sites is 1. The van der Waals surface area contributed by atoms with E-state index in [4.69, 9.17) is 0 Å². The largest absolute Gasteiger partial charge is 0.351 e. The van der Waals surface area contributed by atoms with Crippen LogP contribution in [0.4, 0.5) is 0 Å². The van der Waals surface area contributed by atoms with Gasteiger partial charge in [0.2, 0.25) is 5.91 Å². The van der Waals surface area contributed by atoms with Gasteiger partial charge < -0.3 is 5.32 Å². The third-order valence-electron chi connectivity index (χ3n) is 3.27. The topological polar surface area (TPSA) is 46.9 Å². The quantitative estimate of drug-likeness (QED) is 0.842. The maximum Gasteiger partial charge on any atom is 0.230 e. The molecule has 23 heavy (non-hydrogen) atoms. The van der Waals surface area contributed by atoms with E-state index in [9.17, 15) is 4.79 Å². The zero-order valence-corrected chi connectivity index (χ0v) is 15.3. The molecular formula is C18H25N3OS. The summed E-state index contributed by atoms with van der Waals surface area (Å²) in [5, 5.41) is 3.81. The van der Waals surface area contributed by atoms with Gasteiger partial charge in [-0.25, -0.2) is 4.98 Å². The molecule has 1 aromatic heterocycles. The molecule has 0 saturated carbocycles. The van der Waals surface area contributed by atoms with Gasteiger partial charge in [-0.2, -0.15) is 0 Å². The van der Waals surface area contributed by atoms with E-state index in [1.165, 1.54) is 17.3 Å². The number of amides is 1. The average Bonchev–Trinajstić information content (AvgIpc) is 2.91. The van der Waals surface area contributed by atoms with Crippen molar-refractivity contribution in [3.63, 3.8) is 0 Å². The number of carbonyl (C=O) groups excluding carboxylic acids is 1. The fraction of sp³-hybridized carbons (Fsp3) is 0.444. The van der Waals surface area contributed by atoms with Gasteiger partial charge in [0.05, 0.1) is 11.4 Å². The van der Waals surface area contributed by atoms with E-state index in [0.717, 1.165) is 10.8 Å². The molecule has 2 aromatic rings. The van der Waals surface area contributed by atoms with Crippen molar-refractivity contribution in [2.75, 3.05) is 5.75 Å². The Bertz CT molecular complexity index is 671. The Morgan fingerprint density at radius 1 is 1.30 bits per heavy atom. The molecule has 1 amide bonds. The van der Waals surface area contributed by atoms with Crippen molar-refractivity contribution in [3.05, 3.63) is 42.2 Å². The van der Waals surface area contributed by atoms with E-state index < -0.39 is 0 Å². The Labute approximate surface area is 142 Å². The second kappa shape index (κ2) is 7.21. The number of imidazole rings is 1. The summed E-state index contributed by atoms with van der Waals surface area (Å²) in [6.07, 6.45) is 3.73. The van der Waals surface area contributed by atoms with Gasteiger partial charge in [-0.05, 0) is 38.3 Å². The molecule has 5 heteroatoms. The lowest BCUT2D eigenvalue weighted by molar-refractivity contribution is -0.119. The van der Waals surface area contributed by atoms with Crippen LogP contribution >= 0.6 is 11.8 Å². The van der Waals surface area contributed by atoms with Crippen LogP contribution in [0.3, 0.4) is 0 Å². The average molecular weight is 331 g/mol. The second-order valence-electron chi connectivity index (χ2n) is 6.88. The van der Waals surface area contributed by atoms with E-state index in [1.54, 1.807) is 6.20 Å². The van der Waals surface area contributed by atoms with Crippen LogP contribution in [0.25, 0.3) is 5.69 Å². The number of aromatic nitrogens is 2. The number of nitrogens with one attached hydrogen (secondary N) is 1. The summed E-state index contributed by atoms with van der Waals surface area (Å²) < 4.78 is 2.06. The summed E-state index contributed by atoms with van der Waals surface area (Å²) in [4.78, 5) is 16.4. The molecule has 0 saturated heterocycles. The maximum atomic E-state index is 12.0. The van der Waals surface area contributed by atoms with Gasteiger partial charge in [-0.1, -0.05) is 43.8 Å². The lowest BCUT2D eigenvalue weighted by atomic mass is 10.0. The van der Waals surface area contributed by atoms with Crippen molar-refractivity contribution in [2.45, 2.75) is 51.2 Å². The predicted molar refractivity (Wildman–Crippen MR) is 96.3 cm³/mol. The van der Waals surface area contributed by atoms with Gasteiger partial charge in [-0.15, -0.1) is 0 Å². The van der Waals surface area contributed by atoms with E-state index in [1.807, 2.05) is 33.0 Å². The first kappa shape index (κ1) is 17.6. The summed E-state index contributed by atoms with van der Waals surface area (Å²) in [6.45, 7) is 10.3. The minimum Gasteiger partial charge on any atom is -0.351 e. The standard InChI is InChI=1S/C18H25N3OS/c1-13(2)14-8-6-7-9-15(14)21-11-10-19-17(21)23-12-16(22)20-18(3,4)5/h6-11,13H,12H2,1-5H3,(H,20,22). The molecule has 4 nitrogen and oxygen atoms in total. The Morgan fingerprint density at radius 2 is 2.00 bits per heavy atom. The van der Waals surface area contributed by atoms with E-state index in [0.29, 0.717) is 11.7 Å². The van der Waals surface area contributed by atoms with Gasteiger partial charge in [-0.3, -0.25) is 9.36 Å². The molecule has 0 atom stereocenters. The van der Waals surface area contributed by atoms with Crippen LogP contribution in [0, 0.1) is 0 Å². The minimum absolute atomic E-state index is 0.0224. The molecule has 0 unspecified atom stereocenters. The number of benzene rings is 1. The molecular weight excluding hydrogens is 306 g/mol. The van der Waals surface area contributed by atoms with Crippen molar-refractivity contribution in [2.24, 2.45) is 0 Å². The van der Waals surface area contributed by atoms with E-state index in [2.05, 4.69) is 46.9 Å². The van der Waals surface area contributed by atoms with Crippen molar-refractivity contribution in [3.8, 4) is 5.69 Å². The highest BCUT2D eigenvalue weighted by Crippen LogP contribution is 2.27. The molecule has 2 rings (SSSR count). The van der Waals surface area contributed by atoms with Gasteiger partial charge in [0.1, 0.15) is 0 Å². The highest BCUT2D eigenvalue weighted by atomic mass is 32.2. The first-order valence-electron chi connectivity index (χ1n) is 7.84. The lowest BCUT2D eigenvalue weighted by Crippen LogP contribution is -2.41. The Hall–Kier alpha value is -1.75. The number of rotatable bonds is 5. The Kier molecular flexibility index (Phi) is 5.52. The summed E-state index contributed by atoms with van der Waals surface area (Å²) in [7, 11) is 0. The number of nitrogens with zero attached hydrogens (tertiary/aromatic N) is 2. The SMILES string of the molecule is CC(C)c1ccccc1-n1ccnc1SCC(=O)NC(C)(C)C. The number of thioether (sulfide) groups is 1. The molecule has 0 aliphatic rings. The Morgan fingerprint density at radius 3 is 2.65 bits per heavy atom. The molecule has 0 fully saturated rings. The first-order valence-corrected chi connectivity index (χ1v) is 8.83. The van der Waals surface area contributed by atoms with Crippen molar-refractivity contribution < 1.29 is 4.79 Å². The van der Waals surface area contributed by atoms with Gasteiger partial charge in [0.15, 0.2) is 5.16 Å². The smallest absolute Gasteiger partial charge is 0.230 e. The molecule has 0 spiro atoms. The molecule has 124 valence electrons. The first-order chi connectivity index (χ1) is 10.8. The monoisotopic (exact) mass is 331 g/mol. The van der Waals surface area contributed by atoms with Crippen LogP contribution < -0.4 is 5.32 Å². The predicted octanol–water partition coefficient (Wildman–Crippen LogP) is 4.00. The van der Waals surface area contributed by atoms with Crippen molar-refractivity contribution in [1.29, 1.82) is 0 Å². The van der Waals surface area contributed by atoms with Crippen LogP contribution in [0.5, 0.6) is 0 Å². The van der Waals surface area contributed by atoms with Crippen LogP contribution in [-0.4, -0.2) is 26.8 Å². The van der Waals surface area contributed by atoms with Gasteiger partial charge in [0.25, 0.3) is 0 Å². The van der Waals surface area contributed by atoms with Crippen molar-refractivity contribution in [1.82, 2.24) is 14.9 Å². The third kappa shape index (κ3) is 4.86. The molecule has 1 heterocycles. The molecule has 0 aliphatic heterocycles. The highest BCUT2D eigenvalue weighted by molar-refractivity contribution is 7.99. The minimum atomic E-state index is -0.211. The molecule has 1 aromatic carbocycles. The number of hydrogen-bond acceptors (Lipinski definition) is 3. The summed E-state index contributed by atoms with van der Waals surface area (Å²) in [5.74, 6) is 0.808. The zero-order valence-electron chi connectivity index (χ0n) is 14.5. The fourth-order valence-electron chi connectivity index (χ4n) is 2.36. The normalized spacial score (nSPS) is 11.7. The van der Waals surface area contributed by atoms with Crippen LogP contribution in [-0.2, 0) is 4.79 Å². The highest BCUT2D eigenvalue weighted by Gasteiger charge is 2.16. The Balaban J connectivity index is 2.16. The fourth-order valence-corrected chi connectivity index (χ4v) is 3.13.